The molecule has 0 aromatic heterocycles. The maximum atomic E-state index is 5.94. The average Bonchev–Trinajstić information content (AvgIpc) is 2.24. The van der Waals surface area contributed by atoms with Crippen LogP contribution in [0.5, 0.6) is 0 Å². The van der Waals surface area contributed by atoms with Gasteiger partial charge in [0.05, 0.1) is 10.0 Å². The number of halogens is 2. The summed E-state index contributed by atoms with van der Waals surface area (Å²) in [7, 11) is 1.96. The van der Waals surface area contributed by atoms with Crippen LogP contribution in [0.25, 0.3) is 0 Å². The van der Waals surface area contributed by atoms with Gasteiger partial charge in [-0.05, 0) is 44.6 Å². The molecule has 2 nitrogen and oxygen atoms in total. The molecule has 0 spiro atoms. The van der Waals surface area contributed by atoms with Crippen molar-refractivity contribution in [2.75, 3.05) is 20.1 Å². The Bertz CT molecular complexity index is 329. The van der Waals surface area contributed by atoms with Crippen LogP contribution in [0.1, 0.15) is 12.5 Å². The van der Waals surface area contributed by atoms with E-state index in [4.69, 9.17) is 23.2 Å². The Labute approximate surface area is 107 Å². The number of benzene rings is 1. The zero-order valence-corrected chi connectivity index (χ0v) is 11.2. The molecule has 1 atom stereocenters. The van der Waals surface area contributed by atoms with Crippen LogP contribution in [-0.2, 0) is 6.42 Å². The van der Waals surface area contributed by atoms with Crippen LogP contribution < -0.4 is 10.6 Å². The van der Waals surface area contributed by atoms with Gasteiger partial charge in [0.2, 0.25) is 0 Å². The summed E-state index contributed by atoms with van der Waals surface area (Å²) in [6.07, 6.45) is 0.963. The second kappa shape index (κ2) is 7.13. The molecule has 0 aliphatic heterocycles. The van der Waals surface area contributed by atoms with Crippen LogP contribution in [0.2, 0.25) is 10.0 Å². The molecule has 4 heteroatoms. The number of hydrogen-bond donors (Lipinski definition) is 2. The molecular formula is C12H18Cl2N2. The van der Waals surface area contributed by atoms with E-state index in [1.165, 1.54) is 5.56 Å². The van der Waals surface area contributed by atoms with Crippen molar-refractivity contribution < 1.29 is 0 Å². The number of likely N-dealkylation sites (N-methyl/N-ethyl adjacent to an activating group) is 1. The van der Waals surface area contributed by atoms with Gasteiger partial charge in [0.1, 0.15) is 0 Å². The van der Waals surface area contributed by atoms with Gasteiger partial charge in [-0.15, -0.1) is 0 Å². The van der Waals surface area contributed by atoms with Crippen molar-refractivity contribution >= 4 is 23.2 Å². The van der Waals surface area contributed by atoms with Gasteiger partial charge in [0.25, 0.3) is 0 Å². The first-order valence-corrected chi connectivity index (χ1v) is 6.21. The lowest BCUT2D eigenvalue weighted by Gasteiger charge is -2.13. The predicted molar refractivity (Wildman–Crippen MR) is 71.6 cm³/mol. The van der Waals surface area contributed by atoms with Crippen LogP contribution in [-0.4, -0.2) is 26.2 Å². The summed E-state index contributed by atoms with van der Waals surface area (Å²) >= 11 is 11.8. The van der Waals surface area contributed by atoms with E-state index >= 15 is 0 Å². The lowest BCUT2D eigenvalue weighted by molar-refractivity contribution is 0.526. The van der Waals surface area contributed by atoms with Crippen LogP contribution >= 0.6 is 23.2 Å². The Morgan fingerprint density at radius 1 is 1.25 bits per heavy atom. The van der Waals surface area contributed by atoms with Crippen LogP contribution in [0.15, 0.2) is 18.2 Å². The summed E-state index contributed by atoms with van der Waals surface area (Å²) in [5.41, 5.74) is 1.21. The van der Waals surface area contributed by atoms with Crippen molar-refractivity contribution in [3.63, 3.8) is 0 Å². The molecule has 90 valence electrons. The molecule has 0 radical (unpaired) electrons. The summed E-state index contributed by atoms with van der Waals surface area (Å²) < 4.78 is 0. The summed E-state index contributed by atoms with van der Waals surface area (Å²) in [6, 6.07) is 6.26. The first-order chi connectivity index (χ1) is 7.63. The molecule has 0 saturated carbocycles. The maximum Gasteiger partial charge on any atom is 0.0595 e. The Morgan fingerprint density at radius 3 is 2.62 bits per heavy atom. The van der Waals surface area contributed by atoms with E-state index in [9.17, 15) is 0 Å². The van der Waals surface area contributed by atoms with Gasteiger partial charge in [0.15, 0.2) is 0 Å². The number of nitrogens with one attached hydrogen (secondary N) is 2. The van der Waals surface area contributed by atoms with Gasteiger partial charge in [-0.3, -0.25) is 0 Å². The standard InChI is InChI=1S/C12H18Cl2N2/c1-9(8-15-2)16-6-5-10-3-4-11(13)12(14)7-10/h3-4,7,9,15-16H,5-6,8H2,1-2H3. The van der Waals surface area contributed by atoms with E-state index in [1.54, 1.807) is 0 Å². The molecule has 0 aliphatic carbocycles. The van der Waals surface area contributed by atoms with Crippen LogP contribution in [0.4, 0.5) is 0 Å². The summed E-state index contributed by atoms with van der Waals surface area (Å²) in [5, 5.41) is 7.80. The van der Waals surface area contributed by atoms with E-state index in [0.29, 0.717) is 16.1 Å². The number of hydrogen-bond acceptors (Lipinski definition) is 2. The monoisotopic (exact) mass is 260 g/mol. The minimum atomic E-state index is 0.479. The van der Waals surface area contributed by atoms with Crippen molar-refractivity contribution in [1.29, 1.82) is 0 Å². The molecule has 1 aromatic rings. The van der Waals surface area contributed by atoms with E-state index in [1.807, 2.05) is 25.2 Å². The average molecular weight is 261 g/mol. The highest BCUT2D eigenvalue weighted by Gasteiger charge is 2.01. The predicted octanol–water partition coefficient (Wildman–Crippen LogP) is 2.73. The van der Waals surface area contributed by atoms with Crippen LogP contribution in [0, 0.1) is 0 Å². The van der Waals surface area contributed by atoms with E-state index in [-0.39, 0.29) is 0 Å². The third-order valence-corrected chi connectivity index (χ3v) is 3.14. The molecule has 2 N–H and O–H groups in total. The van der Waals surface area contributed by atoms with Gasteiger partial charge >= 0.3 is 0 Å². The molecule has 1 aromatic carbocycles. The highest BCUT2D eigenvalue weighted by Crippen LogP contribution is 2.22. The molecule has 1 rings (SSSR count). The molecule has 0 fully saturated rings. The molecule has 0 amide bonds. The third-order valence-electron chi connectivity index (χ3n) is 2.40. The molecule has 1 unspecified atom stereocenters. The van der Waals surface area contributed by atoms with Crippen molar-refractivity contribution in [1.82, 2.24) is 10.6 Å². The normalized spacial score (nSPS) is 12.8. The summed E-state index contributed by atoms with van der Waals surface area (Å²) in [6.45, 7) is 4.08. The lowest BCUT2D eigenvalue weighted by Crippen LogP contribution is -2.35. The molecule has 0 saturated heterocycles. The van der Waals surface area contributed by atoms with Crippen molar-refractivity contribution in [3.05, 3.63) is 33.8 Å². The molecule has 0 aliphatic rings. The molecular weight excluding hydrogens is 243 g/mol. The fraction of sp³-hybridized carbons (Fsp3) is 0.500. The Kier molecular flexibility index (Phi) is 6.14. The van der Waals surface area contributed by atoms with E-state index < -0.39 is 0 Å². The van der Waals surface area contributed by atoms with Gasteiger partial charge in [0, 0.05) is 12.6 Å². The van der Waals surface area contributed by atoms with Crippen LogP contribution in [0.3, 0.4) is 0 Å². The fourth-order valence-electron chi connectivity index (χ4n) is 1.54. The molecule has 0 heterocycles. The summed E-state index contributed by atoms with van der Waals surface area (Å²) in [4.78, 5) is 0. The number of rotatable bonds is 6. The zero-order valence-electron chi connectivity index (χ0n) is 9.69. The third kappa shape index (κ3) is 4.71. The Hall–Kier alpha value is -0.280. The second-order valence-corrected chi connectivity index (χ2v) is 4.73. The smallest absolute Gasteiger partial charge is 0.0595 e. The summed E-state index contributed by atoms with van der Waals surface area (Å²) in [5.74, 6) is 0. The largest absolute Gasteiger partial charge is 0.318 e. The van der Waals surface area contributed by atoms with E-state index in [2.05, 4.69) is 17.6 Å². The Morgan fingerprint density at radius 2 is 2.00 bits per heavy atom. The Balaban J connectivity index is 2.34. The van der Waals surface area contributed by atoms with E-state index in [0.717, 1.165) is 19.5 Å². The van der Waals surface area contributed by atoms with Crippen molar-refractivity contribution in [2.24, 2.45) is 0 Å². The zero-order chi connectivity index (χ0) is 12.0. The van der Waals surface area contributed by atoms with Gasteiger partial charge in [-0.25, -0.2) is 0 Å². The first kappa shape index (κ1) is 13.8. The van der Waals surface area contributed by atoms with Crippen molar-refractivity contribution in [3.8, 4) is 0 Å². The highest BCUT2D eigenvalue weighted by atomic mass is 35.5. The van der Waals surface area contributed by atoms with Crippen molar-refractivity contribution in [2.45, 2.75) is 19.4 Å². The lowest BCUT2D eigenvalue weighted by atomic mass is 10.1. The first-order valence-electron chi connectivity index (χ1n) is 5.45. The minimum absolute atomic E-state index is 0.479. The topological polar surface area (TPSA) is 24.1 Å². The SMILES string of the molecule is CNCC(C)NCCc1ccc(Cl)c(Cl)c1. The van der Waals surface area contributed by atoms with Gasteiger partial charge in [-0.1, -0.05) is 29.3 Å². The highest BCUT2D eigenvalue weighted by molar-refractivity contribution is 6.42. The maximum absolute atomic E-state index is 5.94. The second-order valence-electron chi connectivity index (χ2n) is 3.91. The molecule has 16 heavy (non-hydrogen) atoms. The molecule has 0 bridgehead atoms. The fourth-order valence-corrected chi connectivity index (χ4v) is 1.86. The van der Waals surface area contributed by atoms with Gasteiger partial charge < -0.3 is 10.6 Å². The minimum Gasteiger partial charge on any atom is -0.318 e. The quantitative estimate of drug-likeness (QED) is 0.822. The van der Waals surface area contributed by atoms with Gasteiger partial charge in [-0.2, -0.15) is 0 Å².